The Morgan fingerprint density at radius 2 is 1.71 bits per heavy atom. The van der Waals surface area contributed by atoms with Gasteiger partial charge in [0.2, 0.25) is 17.7 Å². The number of anilines is 1. The van der Waals surface area contributed by atoms with Gasteiger partial charge in [0.25, 0.3) is 5.91 Å². The number of fused-ring (bicyclic) bond motifs is 1. The van der Waals surface area contributed by atoms with Crippen LogP contribution in [-0.2, 0) is 35.2 Å². The molecule has 1 aliphatic carbocycles. The van der Waals surface area contributed by atoms with Crippen molar-refractivity contribution in [2.75, 3.05) is 31.6 Å². The molecule has 7 rings (SSSR count). The number of thiazole rings is 1. The average molecular weight is 1020 g/mol. The van der Waals surface area contributed by atoms with Crippen molar-refractivity contribution >= 4 is 58.2 Å². The fraction of sp³-hybridized carbons (Fsp3) is 0.509. The zero-order valence-corrected chi connectivity index (χ0v) is 44.6. The molecule has 3 N–H and O–H groups in total. The molecule has 3 aromatic carbocycles. The normalized spacial score (nSPS) is 20.7. The van der Waals surface area contributed by atoms with Crippen LogP contribution in [0.4, 0.5) is 5.69 Å². The van der Waals surface area contributed by atoms with Gasteiger partial charge in [-0.25, -0.2) is 4.98 Å². The maximum atomic E-state index is 14.4. The minimum atomic E-state index is -0.989. The molecule has 4 aromatic rings. The van der Waals surface area contributed by atoms with Gasteiger partial charge in [0.15, 0.2) is 0 Å². The summed E-state index contributed by atoms with van der Waals surface area (Å²) >= 11 is 7.86. The molecular formula is C55H68ClN7O8S. The molecule has 3 heterocycles. The van der Waals surface area contributed by atoms with Crippen molar-refractivity contribution in [2.24, 2.45) is 16.2 Å². The van der Waals surface area contributed by atoms with Crippen molar-refractivity contribution in [3.63, 3.8) is 0 Å². The third-order valence-corrected chi connectivity index (χ3v) is 15.5. The number of ether oxygens (including phenoxy) is 3. The van der Waals surface area contributed by atoms with Crippen LogP contribution in [-0.4, -0.2) is 101 Å². The zero-order valence-electron chi connectivity index (χ0n) is 43.0. The van der Waals surface area contributed by atoms with Crippen LogP contribution < -0.4 is 20.7 Å². The lowest BCUT2D eigenvalue weighted by atomic mass is 9.49. The predicted molar refractivity (Wildman–Crippen MR) is 277 cm³/mol. The van der Waals surface area contributed by atoms with Crippen LogP contribution in [0.2, 0.25) is 5.02 Å². The number of unbranched alkanes of at least 4 members (excludes halogenated alkanes) is 2. The molecule has 17 heteroatoms. The minimum Gasteiger partial charge on any atom is -0.489 e. The van der Waals surface area contributed by atoms with Gasteiger partial charge >= 0.3 is 5.97 Å². The third-order valence-electron chi connectivity index (χ3n) is 14.2. The smallest absolute Gasteiger partial charge is 0.302 e. The molecule has 0 radical (unpaired) electrons. The van der Waals surface area contributed by atoms with Crippen molar-refractivity contribution in [3.05, 3.63) is 99.1 Å². The lowest BCUT2D eigenvalue weighted by Crippen LogP contribution is -2.74. The number of rotatable bonds is 19. The van der Waals surface area contributed by atoms with Gasteiger partial charge in [0, 0.05) is 67.2 Å². The maximum absolute atomic E-state index is 14.4. The number of nitrogens with one attached hydrogen (secondary N) is 3. The van der Waals surface area contributed by atoms with E-state index in [9.17, 15) is 29.2 Å². The van der Waals surface area contributed by atoms with E-state index in [1.807, 2.05) is 81.4 Å². The van der Waals surface area contributed by atoms with E-state index < -0.39 is 41.4 Å². The number of carbonyl (C=O) groups excluding carboxylic acids is 5. The van der Waals surface area contributed by atoms with E-state index in [-0.39, 0.29) is 60.4 Å². The van der Waals surface area contributed by atoms with E-state index in [0.717, 1.165) is 52.2 Å². The molecule has 384 valence electrons. The number of carbonyl (C=O) groups is 5. The van der Waals surface area contributed by atoms with E-state index in [1.165, 1.54) is 11.8 Å². The van der Waals surface area contributed by atoms with Crippen LogP contribution in [0.1, 0.15) is 127 Å². The Hall–Kier alpha value is -6.02. The van der Waals surface area contributed by atoms with Crippen LogP contribution >= 0.6 is 22.9 Å². The molecule has 0 bridgehead atoms. The average Bonchev–Trinajstić information content (AvgIpc) is 4.03. The van der Waals surface area contributed by atoms with Gasteiger partial charge in [-0.05, 0) is 85.5 Å². The highest BCUT2D eigenvalue weighted by Gasteiger charge is 2.67. The summed E-state index contributed by atoms with van der Waals surface area (Å²) in [5.41, 5.74) is 6.24. The second kappa shape index (κ2) is 22.0. The first-order valence-electron chi connectivity index (χ1n) is 24.7. The number of amides is 4. The highest BCUT2D eigenvalue weighted by atomic mass is 35.5. The number of likely N-dealkylation sites (tertiary alicyclic amines) is 1. The second-order valence-electron chi connectivity index (χ2n) is 21.6. The number of hydrogen-bond donors (Lipinski definition) is 3. The summed E-state index contributed by atoms with van der Waals surface area (Å²) in [6, 6.07) is 18.6. The van der Waals surface area contributed by atoms with Gasteiger partial charge in [-0.3, -0.25) is 24.0 Å². The summed E-state index contributed by atoms with van der Waals surface area (Å²) < 4.78 is 17.7. The summed E-state index contributed by atoms with van der Waals surface area (Å²) in [6.45, 7) is 20.5. The number of benzene rings is 3. The van der Waals surface area contributed by atoms with Crippen molar-refractivity contribution < 1.29 is 38.2 Å². The molecule has 15 nitrogen and oxygen atoms in total. The Kier molecular flexibility index (Phi) is 16.4. The zero-order chi connectivity index (χ0) is 52.3. The highest BCUT2D eigenvalue weighted by Crippen LogP contribution is 2.59. The number of aromatic nitrogens is 1. The molecule has 72 heavy (non-hydrogen) atoms. The van der Waals surface area contributed by atoms with Gasteiger partial charge in [-0.1, -0.05) is 84.3 Å². The Morgan fingerprint density at radius 3 is 2.35 bits per heavy atom. The standard InChI is InChI=1S/C55H68ClN7O8S/c1-32(35-14-16-36(17-15-35)46-33(2)59-31-72-46)60-48(66)44-26-41(70-34(3)64)29-62(44)50(68)47(53(4,5)6)61-45(65)30-69-23-13-11-12-22-58-39-19-21-42-38(24-39)28-63(49(42)67)51-54(7,8)52(55(51,9)10)71-40-20-18-37(27-57)43(56)25-40/h14-21,24-25,31-32,41,44,47,51-52,58H,11-13,22-23,26,28-30H2,1-10H3,(H,60,66)(H,61,65)/t32-,41+,44-,47+,51-,52-/m0/s1. The number of nitrogens with zero attached hydrogens (tertiary/aromatic N) is 4. The predicted octanol–water partition coefficient (Wildman–Crippen LogP) is 9.02. The molecule has 4 atom stereocenters. The lowest BCUT2D eigenvalue weighted by Gasteiger charge is -2.65. The quantitative estimate of drug-likeness (QED) is 0.0600. The summed E-state index contributed by atoms with van der Waals surface area (Å²) in [5.74, 6) is -1.18. The Bertz CT molecular complexity index is 2690. The Balaban J connectivity index is 0.848. The number of halogens is 1. The molecule has 2 aliphatic heterocycles. The fourth-order valence-corrected chi connectivity index (χ4v) is 12.1. The van der Waals surface area contributed by atoms with E-state index >= 15 is 0 Å². The summed E-state index contributed by atoms with van der Waals surface area (Å²) in [5, 5.41) is 19.0. The first-order valence-corrected chi connectivity index (χ1v) is 26.0. The number of nitriles is 1. The fourth-order valence-electron chi connectivity index (χ4n) is 11.1. The first-order chi connectivity index (χ1) is 34.0. The summed E-state index contributed by atoms with van der Waals surface area (Å²) in [6.07, 6.45) is 1.66. The van der Waals surface area contributed by atoms with E-state index in [1.54, 1.807) is 29.5 Å². The maximum Gasteiger partial charge on any atom is 0.302 e. The van der Waals surface area contributed by atoms with Gasteiger partial charge in [-0.15, -0.1) is 11.3 Å². The monoisotopic (exact) mass is 1020 g/mol. The van der Waals surface area contributed by atoms with Gasteiger partial charge in [0.1, 0.15) is 42.7 Å². The SMILES string of the molecule is CC(=O)O[C@@H]1C[C@@H](C(=O)N[C@@H](C)c2ccc(-c3scnc3C)cc2)N(C(=O)[C@@H](NC(=O)COCCCCCNc2ccc3c(c2)CN([C@H]2C(C)(C)[C@H](Oc4ccc(C#N)c(Cl)c4)C2(C)C)C3=O)C(C)(C)C)C1. The second-order valence-corrected chi connectivity index (χ2v) is 22.9. The molecule has 3 aliphatic rings. The molecule has 4 amide bonds. The molecule has 1 aromatic heterocycles. The van der Waals surface area contributed by atoms with E-state index in [4.69, 9.17) is 25.8 Å². The molecule has 1 saturated carbocycles. The summed E-state index contributed by atoms with van der Waals surface area (Å²) in [4.78, 5) is 76.2. The van der Waals surface area contributed by atoms with Gasteiger partial charge < -0.3 is 40.0 Å². The summed E-state index contributed by atoms with van der Waals surface area (Å²) in [7, 11) is 0. The third kappa shape index (κ3) is 11.7. The Morgan fingerprint density at radius 1 is 0.986 bits per heavy atom. The molecule has 1 saturated heterocycles. The minimum absolute atomic E-state index is 0.0121. The molecule has 0 unspecified atom stereocenters. The Labute approximate surface area is 432 Å². The van der Waals surface area contributed by atoms with Crippen LogP contribution in [0, 0.1) is 34.5 Å². The largest absolute Gasteiger partial charge is 0.489 e. The van der Waals surface area contributed by atoms with Gasteiger partial charge in [0.05, 0.1) is 39.3 Å². The van der Waals surface area contributed by atoms with E-state index in [0.29, 0.717) is 41.6 Å². The number of hydrogen-bond acceptors (Lipinski definition) is 12. The molecule has 2 fully saturated rings. The number of esters is 1. The van der Waals surface area contributed by atoms with Crippen LogP contribution in [0.15, 0.2) is 66.2 Å². The van der Waals surface area contributed by atoms with Crippen molar-refractivity contribution in [1.29, 1.82) is 5.26 Å². The molecule has 0 spiro atoms. The van der Waals surface area contributed by atoms with Crippen molar-refractivity contribution in [2.45, 2.75) is 138 Å². The first kappa shape index (κ1) is 53.8. The van der Waals surface area contributed by atoms with E-state index in [2.05, 4.69) is 60.8 Å². The highest BCUT2D eigenvalue weighted by molar-refractivity contribution is 7.13. The van der Waals surface area contributed by atoms with Gasteiger partial charge in [-0.2, -0.15) is 5.26 Å². The van der Waals surface area contributed by atoms with Crippen LogP contribution in [0.5, 0.6) is 5.75 Å². The molecular weight excluding hydrogens is 954 g/mol. The van der Waals surface area contributed by atoms with Crippen LogP contribution in [0.25, 0.3) is 10.4 Å². The van der Waals surface area contributed by atoms with Crippen LogP contribution in [0.3, 0.4) is 0 Å². The van der Waals surface area contributed by atoms with Crippen molar-refractivity contribution in [3.8, 4) is 22.3 Å². The number of aryl methyl sites for hydroxylation is 1. The van der Waals surface area contributed by atoms with Crippen molar-refractivity contribution in [1.82, 2.24) is 25.4 Å². The lowest BCUT2D eigenvalue weighted by molar-refractivity contribution is -0.199. The topological polar surface area (TPSA) is 192 Å².